The van der Waals surface area contributed by atoms with Gasteiger partial charge in [-0.1, -0.05) is 30.3 Å². The van der Waals surface area contributed by atoms with E-state index in [0.29, 0.717) is 36.3 Å². The van der Waals surface area contributed by atoms with E-state index in [2.05, 4.69) is 0 Å². The number of para-hydroxylation sites is 1. The van der Waals surface area contributed by atoms with E-state index in [0.717, 1.165) is 4.90 Å². The number of rotatable bonds is 7. The van der Waals surface area contributed by atoms with Crippen LogP contribution in [0.2, 0.25) is 0 Å². The van der Waals surface area contributed by atoms with Gasteiger partial charge in [0.2, 0.25) is 0 Å². The predicted octanol–water partition coefficient (Wildman–Crippen LogP) is 4.09. The summed E-state index contributed by atoms with van der Waals surface area (Å²) in [7, 11) is 0. The van der Waals surface area contributed by atoms with Crippen molar-refractivity contribution in [2.45, 2.75) is 17.7 Å². The summed E-state index contributed by atoms with van der Waals surface area (Å²) in [5.41, 5.74) is 0.685. The van der Waals surface area contributed by atoms with E-state index in [4.69, 9.17) is 0 Å². The first kappa shape index (κ1) is 21.6. The number of hydrogen-bond acceptors (Lipinski definition) is 5. The number of nitro groups is 1. The third-order valence-electron chi connectivity index (χ3n) is 4.93. The number of carboxylic acid groups (broad SMARTS) is 1. The van der Waals surface area contributed by atoms with E-state index >= 15 is 0 Å². The fraction of sp³-hybridized carbons (Fsp3) is 0.273. The van der Waals surface area contributed by atoms with Crippen LogP contribution < -0.4 is 0 Å². The van der Waals surface area contributed by atoms with Gasteiger partial charge >= 0.3 is 5.97 Å². The van der Waals surface area contributed by atoms with Crippen molar-refractivity contribution in [3.63, 3.8) is 0 Å². The first-order valence-corrected chi connectivity index (χ1v) is 10.6. The van der Waals surface area contributed by atoms with Crippen molar-refractivity contribution >= 4 is 35.4 Å². The van der Waals surface area contributed by atoms with E-state index in [-0.39, 0.29) is 18.1 Å². The summed E-state index contributed by atoms with van der Waals surface area (Å²) in [5, 5.41) is 20.7. The van der Waals surface area contributed by atoms with Crippen LogP contribution in [-0.2, 0) is 9.59 Å². The zero-order valence-electron chi connectivity index (χ0n) is 16.3. The maximum absolute atomic E-state index is 13.3. The molecule has 1 heterocycles. The third-order valence-corrected chi connectivity index (χ3v) is 5.99. The molecule has 7 nitrogen and oxygen atoms in total. The second kappa shape index (κ2) is 10.1. The lowest BCUT2D eigenvalue weighted by Gasteiger charge is -2.31. The molecule has 3 rings (SSSR count). The molecule has 1 fully saturated rings. The summed E-state index contributed by atoms with van der Waals surface area (Å²) in [5.74, 6) is -1.45. The van der Waals surface area contributed by atoms with Crippen LogP contribution >= 0.6 is 11.8 Å². The van der Waals surface area contributed by atoms with Gasteiger partial charge in [-0.25, -0.2) is 0 Å². The monoisotopic (exact) mass is 426 g/mol. The van der Waals surface area contributed by atoms with Gasteiger partial charge in [0.15, 0.2) is 0 Å². The Bertz CT molecular complexity index is 961. The minimum atomic E-state index is -0.907. The van der Waals surface area contributed by atoms with Crippen LogP contribution in [0, 0.1) is 16.0 Å². The highest BCUT2D eigenvalue weighted by atomic mass is 32.2. The quantitative estimate of drug-likeness (QED) is 0.310. The summed E-state index contributed by atoms with van der Waals surface area (Å²) in [4.78, 5) is 38.1. The Labute approximate surface area is 178 Å². The molecule has 30 heavy (non-hydrogen) atoms. The maximum atomic E-state index is 13.3. The number of nitro benzene ring substituents is 1. The molecular weight excluding hydrogens is 404 g/mol. The lowest BCUT2D eigenvalue weighted by atomic mass is 9.97. The predicted molar refractivity (Wildman–Crippen MR) is 115 cm³/mol. The van der Waals surface area contributed by atoms with Gasteiger partial charge in [0, 0.05) is 35.4 Å². The molecule has 8 heteroatoms. The standard InChI is InChI=1S/C22H22N2O5S/c25-21(23-12-6-8-17(14-23)22(26)27)18(15-30-19-9-2-1-3-10-19)13-16-7-4-5-11-20(16)24(28)29/h1-5,7,9-11,13,17H,6,8,12,14-15H2,(H,26,27)/b18-13+. The van der Waals surface area contributed by atoms with Crippen molar-refractivity contribution in [3.8, 4) is 0 Å². The average Bonchev–Trinajstić information content (AvgIpc) is 2.77. The number of thioether (sulfide) groups is 1. The maximum Gasteiger partial charge on any atom is 0.308 e. The van der Waals surface area contributed by atoms with E-state index < -0.39 is 16.8 Å². The summed E-state index contributed by atoms with van der Waals surface area (Å²) in [6, 6.07) is 15.8. The normalized spacial score (nSPS) is 16.9. The zero-order valence-corrected chi connectivity index (χ0v) is 17.1. The SMILES string of the molecule is O=C(O)C1CCCN(C(=O)/C(=C/c2ccccc2[N+](=O)[O-])CSc2ccccc2)C1. The number of benzene rings is 2. The fourth-order valence-electron chi connectivity index (χ4n) is 3.37. The Hall–Kier alpha value is -3.13. The molecule has 2 aromatic rings. The Morgan fingerprint density at radius 1 is 1.17 bits per heavy atom. The number of carbonyl (C=O) groups is 2. The number of amides is 1. The smallest absolute Gasteiger partial charge is 0.308 e. The van der Waals surface area contributed by atoms with Gasteiger partial charge < -0.3 is 10.0 Å². The summed E-state index contributed by atoms with van der Waals surface area (Å²) >= 11 is 1.46. The number of piperidine rings is 1. The van der Waals surface area contributed by atoms with Crippen molar-refractivity contribution in [3.05, 3.63) is 75.8 Å². The second-order valence-corrected chi connectivity index (χ2v) is 8.06. The number of carboxylic acids is 1. The van der Waals surface area contributed by atoms with Crippen LogP contribution in [-0.4, -0.2) is 45.6 Å². The number of likely N-dealkylation sites (tertiary alicyclic amines) is 1. The van der Waals surface area contributed by atoms with E-state index in [1.54, 1.807) is 29.2 Å². The minimum absolute atomic E-state index is 0.0745. The number of hydrogen-bond donors (Lipinski definition) is 1. The second-order valence-electron chi connectivity index (χ2n) is 7.02. The summed E-state index contributed by atoms with van der Waals surface area (Å²) in [6.07, 6.45) is 2.72. The van der Waals surface area contributed by atoms with E-state index in [1.807, 2.05) is 30.3 Å². The van der Waals surface area contributed by atoms with Gasteiger partial charge in [0.1, 0.15) is 0 Å². The molecule has 0 aliphatic carbocycles. The molecule has 1 saturated heterocycles. The average molecular weight is 426 g/mol. The largest absolute Gasteiger partial charge is 0.481 e. The summed E-state index contributed by atoms with van der Waals surface area (Å²) in [6.45, 7) is 0.630. The molecule has 1 N–H and O–H groups in total. The van der Waals surface area contributed by atoms with E-state index in [9.17, 15) is 24.8 Å². The molecule has 0 bridgehead atoms. The Morgan fingerprint density at radius 3 is 2.57 bits per heavy atom. The fourth-order valence-corrected chi connectivity index (χ4v) is 4.25. The van der Waals surface area contributed by atoms with Crippen LogP contribution in [0.25, 0.3) is 6.08 Å². The molecule has 1 unspecified atom stereocenters. The highest BCUT2D eigenvalue weighted by Gasteiger charge is 2.29. The Balaban J connectivity index is 1.90. The number of aliphatic carboxylic acids is 1. The lowest BCUT2D eigenvalue weighted by Crippen LogP contribution is -2.43. The molecule has 2 aromatic carbocycles. The van der Waals surface area contributed by atoms with Gasteiger partial charge in [-0.2, -0.15) is 0 Å². The molecule has 0 saturated carbocycles. The van der Waals surface area contributed by atoms with Gasteiger partial charge in [-0.3, -0.25) is 19.7 Å². The van der Waals surface area contributed by atoms with Crippen molar-refractivity contribution in [2.24, 2.45) is 5.92 Å². The molecule has 0 aromatic heterocycles. The lowest BCUT2D eigenvalue weighted by molar-refractivity contribution is -0.385. The van der Waals surface area contributed by atoms with Crippen LogP contribution in [0.3, 0.4) is 0 Å². The molecule has 0 radical (unpaired) electrons. The number of nitrogens with zero attached hydrogens (tertiary/aromatic N) is 2. The van der Waals surface area contributed by atoms with Crippen molar-refractivity contribution in [1.29, 1.82) is 0 Å². The molecule has 0 spiro atoms. The first-order chi connectivity index (χ1) is 14.5. The van der Waals surface area contributed by atoms with Gasteiger partial charge in [-0.05, 0) is 37.1 Å². The van der Waals surface area contributed by atoms with Crippen molar-refractivity contribution in [2.75, 3.05) is 18.8 Å². The van der Waals surface area contributed by atoms with Crippen LogP contribution in [0.1, 0.15) is 18.4 Å². The highest BCUT2D eigenvalue weighted by Crippen LogP contribution is 2.27. The van der Waals surface area contributed by atoms with Gasteiger partial charge in [0.05, 0.1) is 16.4 Å². The van der Waals surface area contributed by atoms with E-state index in [1.165, 1.54) is 17.8 Å². The molecule has 1 aliphatic rings. The van der Waals surface area contributed by atoms with Gasteiger partial charge in [-0.15, -0.1) is 11.8 Å². The molecular formula is C22H22N2O5S. The minimum Gasteiger partial charge on any atom is -0.481 e. The van der Waals surface area contributed by atoms with Crippen molar-refractivity contribution in [1.82, 2.24) is 4.90 Å². The molecule has 1 aliphatic heterocycles. The third kappa shape index (κ3) is 5.48. The summed E-state index contributed by atoms with van der Waals surface area (Å²) < 4.78 is 0. The Kier molecular flexibility index (Phi) is 7.24. The Morgan fingerprint density at radius 2 is 1.87 bits per heavy atom. The van der Waals surface area contributed by atoms with Crippen LogP contribution in [0.4, 0.5) is 5.69 Å². The molecule has 156 valence electrons. The zero-order chi connectivity index (χ0) is 21.5. The van der Waals surface area contributed by atoms with Crippen molar-refractivity contribution < 1.29 is 19.6 Å². The van der Waals surface area contributed by atoms with Gasteiger partial charge in [0.25, 0.3) is 11.6 Å². The van der Waals surface area contributed by atoms with Crippen LogP contribution in [0.15, 0.2) is 65.1 Å². The topological polar surface area (TPSA) is 101 Å². The molecule has 1 atom stereocenters. The van der Waals surface area contributed by atoms with Crippen LogP contribution in [0.5, 0.6) is 0 Å². The first-order valence-electron chi connectivity index (χ1n) is 9.59. The molecule has 1 amide bonds. The number of carbonyl (C=O) groups excluding carboxylic acids is 1. The highest BCUT2D eigenvalue weighted by molar-refractivity contribution is 7.99.